The van der Waals surface area contributed by atoms with Gasteiger partial charge in [0.15, 0.2) is 6.23 Å². The van der Waals surface area contributed by atoms with Crippen LogP contribution in [-0.4, -0.2) is 51.1 Å². The molecule has 9 nitrogen and oxygen atoms in total. The van der Waals surface area contributed by atoms with Crippen LogP contribution in [0.15, 0.2) is 22.0 Å². The molecule has 2 rings (SSSR count). The van der Waals surface area contributed by atoms with Gasteiger partial charge in [0, 0.05) is 25.6 Å². The van der Waals surface area contributed by atoms with E-state index < -0.39 is 16.3 Å². The zero-order valence-corrected chi connectivity index (χ0v) is 16.4. The highest BCUT2D eigenvalue weighted by Gasteiger charge is 2.28. The Hall–Kier alpha value is -2.17. The predicted molar refractivity (Wildman–Crippen MR) is 99.3 cm³/mol. The van der Waals surface area contributed by atoms with Crippen molar-refractivity contribution in [3.8, 4) is 0 Å². The van der Waals surface area contributed by atoms with Crippen molar-refractivity contribution < 1.29 is 27.9 Å². The number of halogens is 1. The Balaban J connectivity index is 2.39. The van der Waals surface area contributed by atoms with Gasteiger partial charge in [-0.15, -0.1) is 0 Å². The summed E-state index contributed by atoms with van der Waals surface area (Å²) in [6, 6.07) is 2.87. The summed E-state index contributed by atoms with van der Waals surface area (Å²) in [4.78, 5) is 27.3. The molecule has 0 bridgehead atoms. The topological polar surface area (TPSA) is 125 Å². The number of nitrogens with zero attached hydrogens (tertiary/aromatic N) is 2. The number of amidine groups is 1. The molecule has 0 spiro atoms. The number of nitrogens with one attached hydrogen (secondary N) is 1. The van der Waals surface area contributed by atoms with Gasteiger partial charge in [0.05, 0.1) is 11.6 Å². The van der Waals surface area contributed by atoms with Crippen LogP contribution in [0, 0.1) is 0 Å². The van der Waals surface area contributed by atoms with Gasteiger partial charge in [-0.2, -0.15) is 0 Å². The molecule has 2 N–H and O–H groups in total. The quantitative estimate of drug-likeness (QED) is 0.384. The van der Waals surface area contributed by atoms with E-state index >= 15 is 0 Å². The fourth-order valence-electron chi connectivity index (χ4n) is 2.71. The van der Waals surface area contributed by atoms with Gasteiger partial charge >= 0.3 is 0 Å². The lowest BCUT2D eigenvalue weighted by molar-refractivity contribution is -0.132. The van der Waals surface area contributed by atoms with Gasteiger partial charge in [-0.05, 0) is 31.0 Å². The first kappa shape index (κ1) is 21.1. The van der Waals surface area contributed by atoms with Crippen LogP contribution in [0.3, 0.4) is 0 Å². The molecule has 0 aromatic heterocycles. The first-order valence-electron chi connectivity index (χ1n) is 8.09. The third-order valence-electron chi connectivity index (χ3n) is 3.89. The van der Waals surface area contributed by atoms with Gasteiger partial charge in [-0.3, -0.25) is 14.3 Å². The summed E-state index contributed by atoms with van der Waals surface area (Å²) in [5, 5.41) is 9.13. The average molecular weight is 418 g/mol. The van der Waals surface area contributed by atoms with Crippen molar-refractivity contribution in [1.82, 2.24) is 4.72 Å². The van der Waals surface area contributed by atoms with E-state index in [-0.39, 0.29) is 41.2 Å². The van der Waals surface area contributed by atoms with Gasteiger partial charge in [0.25, 0.3) is 16.5 Å². The molecular formula is C16H20ClN3O6S. The lowest BCUT2D eigenvalue weighted by atomic mass is 10.2. The van der Waals surface area contributed by atoms with E-state index in [0.29, 0.717) is 18.7 Å². The van der Waals surface area contributed by atoms with Crippen molar-refractivity contribution in [2.75, 3.05) is 18.1 Å². The maximum absolute atomic E-state index is 12.8. The first-order valence-corrected chi connectivity index (χ1v) is 9.95. The molecule has 0 aliphatic carbocycles. The second-order valence-corrected chi connectivity index (χ2v) is 7.88. The first-order chi connectivity index (χ1) is 12.7. The monoisotopic (exact) mass is 417 g/mol. The van der Waals surface area contributed by atoms with Crippen LogP contribution < -0.4 is 9.62 Å². The second-order valence-electron chi connectivity index (χ2n) is 5.82. The van der Waals surface area contributed by atoms with Gasteiger partial charge in [-0.25, -0.2) is 13.4 Å². The molecule has 1 aliphatic rings. The molecule has 1 aromatic carbocycles. The largest absolute Gasteiger partial charge is 0.442 e. The zero-order chi connectivity index (χ0) is 20.2. The molecule has 0 saturated carbocycles. The highest BCUT2D eigenvalue weighted by molar-refractivity contribution is 7.90. The number of fused-ring (bicyclic) bond motifs is 1. The van der Waals surface area contributed by atoms with E-state index in [4.69, 9.17) is 16.7 Å². The smallest absolute Gasteiger partial charge is 0.295 e. The van der Waals surface area contributed by atoms with E-state index in [2.05, 4.69) is 14.5 Å². The summed E-state index contributed by atoms with van der Waals surface area (Å²) < 4.78 is 32.4. The molecule has 0 saturated heterocycles. The molecule has 27 heavy (non-hydrogen) atoms. The number of carbonyl (C=O) groups excluding carboxylic acids is 2. The molecule has 11 heteroatoms. The Morgan fingerprint density at radius 2 is 2.22 bits per heavy atom. The highest BCUT2D eigenvalue weighted by atomic mass is 35.5. The fraction of sp³-hybridized carbons (Fsp3) is 0.438. The normalized spacial score (nSPS) is 15.3. The minimum atomic E-state index is -4.15. The van der Waals surface area contributed by atoms with Gasteiger partial charge in [0.1, 0.15) is 10.7 Å². The second kappa shape index (κ2) is 8.68. The Bertz CT molecular complexity index is 871. The van der Waals surface area contributed by atoms with Crippen molar-refractivity contribution >= 4 is 45.5 Å². The van der Waals surface area contributed by atoms with Crippen LogP contribution in [-0.2, 0) is 30.8 Å². The lowest BCUT2D eigenvalue weighted by Gasteiger charge is -2.17. The summed E-state index contributed by atoms with van der Waals surface area (Å²) in [5.41, 5.74) is 1.27. The number of ether oxygens (including phenoxy) is 1. The number of amides is 1. The number of carbonyl (C=O) groups is 2. The zero-order valence-electron chi connectivity index (χ0n) is 14.8. The fourth-order valence-corrected chi connectivity index (χ4v) is 4.36. The highest BCUT2D eigenvalue weighted by Crippen LogP contribution is 2.35. The minimum Gasteiger partial charge on any atom is -0.442 e. The van der Waals surface area contributed by atoms with Gasteiger partial charge in [0.2, 0.25) is 5.91 Å². The van der Waals surface area contributed by atoms with Crippen molar-refractivity contribution in [2.45, 2.75) is 37.8 Å². The molecule has 1 unspecified atom stereocenters. The summed E-state index contributed by atoms with van der Waals surface area (Å²) in [7, 11) is -4.15. The Kier molecular flexibility index (Phi) is 6.79. The summed E-state index contributed by atoms with van der Waals surface area (Å²) in [5.74, 6) is -0.290. The molecule has 0 radical (unpaired) electrons. The van der Waals surface area contributed by atoms with Crippen molar-refractivity contribution in [2.24, 2.45) is 4.99 Å². The third-order valence-corrected chi connectivity index (χ3v) is 5.74. The number of benzene rings is 1. The molecule has 1 aliphatic heterocycles. The Morgan fingerprint density at radius 1 is 1.52 bits per heavy atom. The molecule has 0 fully saturated rings. The number of aliphatic hydroxyl groups excluding tert-OH is 1. The van der Waals surface area contributed by atoms with Crippen LogP contribution in [0.2, 0.25) is 5.02 Å². The summed E-state index contributed by atoms with van der Waals surface area (Å²) >= 11 is 6.15. The number of rotatable bonds is 7. The number of hydrogen-bond acceptors (Lipinski definition) is 7. The third kappa shape index (κ3) is 4.96. The lowest BCUT2D eigenvalue weighted by Crippen LogP contribution is -2.33. The van der Waals surface area contributed by atoms with Gasteiger partial charge in [-0.1, -0.05) is 11.6 Å². The Labute approximate surface area is 162 Å². The maximum Gasteiger partial charge on any atom is 0.295 e. The molecule has 1 aromatic rings. The number of hydrogen-bond donors (Lipinski definition) is 2. The Morgan fingerprint density at radius 3 is 2.81 bits per heavy atom. The number of aliphatic imine (C=N–C) groups is 1. The van der Waals surface area contributed by atoms with Crippen LogP contribution in [0.1, 0.15) is 25.8 Å². The standard InChI is InChI=1S/C16H20ClN3O6S/c1-10(26-9-22)18-16(4-6-21)19-27(24,25)15-8-14-12(7-13(15)17)3-5-20(14)11(2)23/h7-10,21H,3-6H2,1-2H3,(H,18,19). The molecule has 1 atom stereocenters. The number of anilines is 1. The molecular weight excluding hydrogens is 398 g/mol. The SMILES string of the molecule is CC(=O)N1CCc2cc(Cl)c(S(=O)(=O)NC(CCO)=NC(C)OC=O)cc21. The summed E-state index contributed by atoms with van der Waals surface area (Å²) in [6.45, 7) is 3.11. The minimum absolute atomic E-state index is 0.00666. The van der Waals surface area contributed by atoms with Crippen LogP contribution in [0.25, 0.3) is 0 Å². The summed E-state index contributed by atoms with van der Waals surface area (Å²) in [6.07, 6.45) is -0.455. The number of aliphatic hydroxyl groups is 1. The van der Waals surface area contributed by atoms with E-state index in [9.17, 15) is 18.0 Å². The van der Waals surface area contributed by atoms with Crippen LogP contribution in [0.5, 0.6) is 0 Å². The molecule has 1 amide bonds. The van der Waals surface area contributed by atoms with Crippen molar-refractivity contribution in [3.63, 3.8) is 0 Å². The van der Waals surface area contributed by atoms with Crippen molar-refractivity contribution in [1.29, 1.82) is 0 Å². The van der Waals surface area contributed by atoms with Gasteiger partial charge < -0.3 is 14.7 Å². The molecule has 148 valence electrons. The van der Waals surface area contributed by atoms with Crippen LogP contribution in [0.4, 0.5) is 5.69 Å². The number of sulfonamides is 1. The molecule has 1 heterocycles. The van der Waals surface area contributed by atoms with Crippen LogP contribution >= 0.6 is 11.6 Å². The van der Waals surface area contributed by atoms with E-state index in [1.54, 1.807) is 0 Å². The van der Waals surface area contributed by atoms with E-state index in [1.807, 2.05) is 0 Å². The van der Waals surface area contributed by atoms with Crippen molar-refractivity contribution in [3.05, 3.63) is 22.7 Å². The van der Waals surface area contributed by atoms with E-state index in [1.165, 1.54) is 30.9 Å². The maximum atomic E-state index is 12.8. The van der Waals surface area contributed by atoms with E-state index in [0.717, 1.165) is 5.56 Å². The average Bonchev–Trinajstić information content (AvgIpc) is 2.96. The predicted octanol–water partition coefficient (Wildman–Crippen LogP) is 0.827.